The number of ether oxygens (including phenoxy) is 1. The molecule has 1 aliphatic heterocycles. The first-order valence-electron chi connectivity index (χ1n) is 13.5. The van der Waals surface area contributed by atoms with Crippen molar-refractivity contribution in [2.75, 3.05) is 18.1 Å². The topological polar surface area (TPSA) is 102 Å². The van der Waals surface area contributed by atoms with Crippen LogP contribution in [-0.4, -0.2) is 34.4 Å². The Hall–Kier alpha value is -4.23. The Morgan fingerprint density at radius 3 is 2.30 bits per heavy atom. The van der Waals surface area contributed by atoms with Gasteiger partial charge in [-0.25, -0.2) is 0 Å². The van der Waals surface area contributed by atoms with Gasteiger partial charge in [-0.3, -0.25) is 4.79 Å². The Labute approximate surface area is 236 Å². The number of benzene rings is 3. The summed E-state index contributed by atoms with van der Waals surface area (Å²) in [7, 11) is 0. The predicted molar refractivity (Wildman–Crippen MR) is 157 cm³/mol. The molecule has 0 aliphatic carbocycles. The molecule has 1 fully saturated rings. The average Bonchev–Trinajstić information content (AvgIpc) is 2.92. The van der Waals surface area contributed by atoms with Gasteiger partial charge < -0.3 is 30.3 Å². The molecular weight excluding hydrogens is 504 g/mol. The van der Waals surface area contributed by atoms with E-state index in [0.29, 0.717) is 42.8 Å². The van der Waals surface area contributed by atoms with Gasteiger partial charge in [0.05, 0.1) is 23.8 Å². The molecule has 1 amide bonds. The third-order valence-corrected chi connectivity index (χ3v) is 7.26. The summed E-state index contributed by atoms with van der Waals surface area (Å²) in [6.45, 7) is 12.0. The average molecular weight is 543 g/mol. The van der Waals surface area contributed by atoms with Crippen LogP contribution in [-0.2, 0) is 4.79 Å². The molecule has 3 aromatic carbocycles. The molecular formula is C33H38N2O5. The van der Waals surface area contributed by atoms with Gasteiger partial charge in [0.25, 0.3) is 0 Å². The largest absolute Gasteiger partial charge is 0.513 e. The molecule has 3 aromatic rings. The SMILES string of the molecule is C=C(O)CCNC(=C)COc1ccc(C2C(CCC(O)c3ccc(C)cc3)C(=O)N2c2ccc(C)cc2)c(O)c1. The van der Waals surface area contributed by atoms with Crippen molar-refractivity contribution in [2.24, 2.45) is 5.92 Å². The summed E-state index contributed by atoms with van der Waals surface area (Å²) in [6, 6.07) is 20.2. The second-order valence-electron chi connectivity index (χ2n) is 10.5. The maximum absolute atomic E-state index is 13.4. The summed E-state index contributed by atoms with van der Waals surface area (Å²) >= 11 is 0. The van der Waals surface area contributed by atoms with Gasteiger partial charge in [-0.05, 0) is 56.5 Å². The molecule has 40 heavy (non-hydrogen) atoms. The standard InChI is InChI=1S/C33H38N2O5/c1-21-5-9-25(10-6-21)30(37)16-15-29-32(35(33(29)39)26-11-7-22(2)8-12-26)28-14-13-27(19-31(28)38)40-20-23(3)34-18-17-24(4)36/h5-14,19,29-30,32,34,36-38H,3-4,15-18,20H2,1-2H3. The van der Waals surface area contributed by atoms with E-state index in [1.807, 2.05) is 62.4 Å². The highest BCUT2D eigenvalue weighted by molar-refractivity contribution is 6.03. The highest BCUT2D eigenvalue weighted by atomic mass is 16.5. The van der Waals surface area contributed by atoms with E-state index in [2.05, 4.69) is 18.5 Å². The number of carbonyl (C=O) groups is 1. The lowest BCUT2D eigenvalue weighted by Gasteiger charge is -2.48. The molecule has 1 heterocycles. The molecule has 0 aromatic heterocycles. The molecule has 3 atom stereocenters. The molecule has 7 heteroatoms. The van der Waals surface area contributed by atoms with Crippen LogP contribution in [0.2, 0.25) is 0 Å². The van der Waals surface area contributed by atoms with Crippen LogP contribution in [0, 0.1) is 19.8 Å². The van der Waals surface area contributed by atoms with Crippen LogP contribution in [0.1, 0.15) is 53.7 Å². The molecule has 0 bridgehead atoms. The van der Waals surface area contributed by atoms with Gasteiger partial charge in [0, 0.05) is 36.0 Å². The van der Waals surface area contributed by atoms with E-state index in [9.17, 15) is 20.1 Å². The summed E-state index contributed by atoms with van der Waals surface area (Å²) in [5.41, 5.74) is 5.06. The highest BCUT2D eigenvalue weighted by Crippen LogP contribution is 2.49. The maximum Gasteiger partial charge on any atom is 0.233 e. The lowest BCUT2D eigenvalue weighted by atomic mass is 9.78. The van der Waals surface area contributed by atoms with E-state index in [-0.39, 0.29) is 36.0 Å². The number of β-lactam (4-membered cyclic amide) rings is 1. The molecule has 0 spiro atoms. The molecule has 0 radical (unpaired) electrons. The van der Waals surface area contributed by atoms with Crippen molar-refractivity contribution in [3.63, 3.8) is 0 Å². The third kappa shape index (κ3) is 6.85. The van der Waals surface area contributed by atoms with Gasteiger partial charge >= 0.3 is 0 Å². The monoisotopic (exact) mass is 542 g/mol. The van der Waals surface area contributed by atoms with Crippen molar-refractivity contribution in [2.45, 2.75) is 45.3 Å². The zero-order chi connectivity index (χ0) is 28.8. The minimum atomic E-state index is -0.677. The number of aliphatic hydroxyl groups excluding tert-OH is 2. The van der Waals surface area contributed by atoms with Crippen LogP contribution < -0.4 is 15.0 Å². The fourth-order valence-electron chi connectivity index (χ4n) is 4.94. The highest BCUT2D eigenvalue weighted by Gasteiger charge is 2.49. The van der Waals surface area contributed by atoms with Crippen molar-refractivity contribution in [1.82, 2.24) is 5.32 Å². The van der Waals surface area contributed by atoms with Gasteiger partial charge in [-0.2, -0.15) is 0 Å². The lowest BCUT2D eigenvalue weighted by Crippen LogP contribution is -2.55. The molecule has 1 saturated heterocycles. The smallest absolute Gasteiger partial charge is 0.233 e. The Morgan fingerprint density at radius 1 is 1.02 bits per heavy atom. The first kappa shape index (κ1) is 28.8. The minimum absolute atomic E-state index is 0.0300. The molecule has 0 saturated carbocycles. The summed E-state index contributed by atoms with van der Waals surface area (Å²) in [5, 5.41) is 34.1. The van der Waals surface area contributed by atoms with E-state index < -0.39 is 6.10 Å². The predicted octanol–water partition coefficient (Wildman–Crippen LogP) is 6.17. The number of amides is 1. The number of aryl methyl sites for hydroxylation is 2. The van der Waals surface area contributed by atoms with Crippen LogP contribution in [0.5, 0.6) is 11.5 Å². The van der Waals surface area contributed by atoms with Crippen molar-refractivity contribution < 1.29 is 24.9 Å². The quantitative estimate of drug-likeness (QED) is 0.152. The summed E-state index contributed by atoms with van der Waals surface area (Å²) < 4.78 is 5.78. The lowest BCUT2D eigenvalue weighted by molar-refractivity contribution is -0.131. The van der Waals surface area contributed by atoms with Gasteiger partial charge in [0.2, 0.25) is 5.91 Å². The second-order valence-corrected chi connectivity index (χ2v) is 10.5. The molecule has 3 unspecified atom stereocenters. The number of phenols is 1. The number of hydrogen-bond acceptors (Lipinski definition) is 6. The number of phenolic OH excluding ortho intramolecular Hbond substituents is 1. The number of aliphatic hydroxyl groups is 2. The summed E-state index contributed by atoms with van der Waals surface area (Å²) in [6.07, 6.45) is 0.641. The summed E-state index contributed by atoms with van der Waals surface area (Å²) in [5.74, 6) is 0.182. The van der Waals surface area contributed by atoms with Crippen LogP contribution in [0.15, 0.2) is 91.3 Å². The Bertz CT molecular complexity index is 1350. The first-order chi connectivity index (χ1) is 19.1. The third-order valence-electron chi connectivity index (χ3n) is 7.26. The number of anilines is 1. The number of nitrogens with zero attached hydrogens (tertiary/aromatic N) is 1. The van der Waals surface area contributed by atoms with Crippen molar-refractivity contribution in [1.29, 1.82) is 0 Å². The van der Waals surface area contributed by atoms with Gasteiger partial charge in [-0.15, -0.1) is 0 Å². The number of nitrogens with one attached hydrogen (secondary N) is 1. The minimum Gasteiger partial charge on any atom is -0.513 e. The first-order valence-corrected chi connectivity index (χ1v) is 13.5. The van der Waals surface area contributed by atoms with Crippen molar-refractivity contribution in [3.05, 3.63) is 114 Å². The van der Waals surface area contributed by atoms with E-state index in [4.69, 9.17) is 4.74 Å². The van der Waals surface area contributed by atoms with Gasteiger partial charge in [-0.1, -0.05) is 60.7 Å². The Kier molecular flexibility index (Phi) is 9.17. The Morgan fingerprint density at radius 2 is 1.68 bits per heavy atom. The fraction of sp³-hybridized carbons (Fsp3) is 0.303. The van der Waals surface area contributed by atoms with E-state index in [1.165, 1.54) is 0 Å². The number of hydrogen-bond donors (Lipinski definition) is 4. The van der Waals surface area contributed by atoms with Crippen LogP contribution >= 0.6 is 0 Å². The normalized spacial score (nSPS) is 17.2. The van der Waals surface area contributed by atoms with Gasteiger partial charge in [0.15, 0.2) is 0 Å². The molecule has 4 rings (SSSR count). The number of rotatable bonds is 13. The molecule has 1 aliphatic rings. The molecule has 4 N–H and O–H groups in total. The van der Waals surface area contributed by atoms with E-state index in [1.54, 1.807) is 23.1 Å². The summed E-state index contributed by atoms with van der Waals surface area (Å²) in [4.78, 5) is 15.1. The zero-order valence-electron chi connectivity index (χ0n) is 23.1. The number of carbonyl (C=O) groups excluding carboxylic acids is 1. The Balaban J connectivity index is 1.49. The van der Waals surface area contributed by atoms with Gasteiger partial charge in [0.1, 0.15) is 18.1 Å². The molecule has 7 nitrogen and oxygen atoms in total. The van der Waals surface area contributed by atoms with Crippen LogP contribution in [0.3, 0.4) is 0 Å². The van der Waals surface area contributed by atoms with E-state index >= 15 is 0 Å². The van der Waals surface area contributed by atoms with Crippen molar-refractivity contribution >= 4 is 11.6 Å². The van der Waals surface area contributed by atoms with Crippen LogP contribution in [0.4, 0.5) is 5.69 Å². The second kappa shape index (κ2) is 12.7. The van der Waals surface area contributed by atoms with E-state index in [0.717, 1.165) is 22.4 Å². The molecule has 210 valence electrons. The fourth-order valence-corrected chi connectivity index (χ4v) is 4.94. The van der Waals surface area contributed by atoms with Crippen molar-refractivity contribution in [3.8, 4) is 11.5 Å². The van der Waals surface area contributed by atoms with Crippen LogP contribution in [0.25, 0.3) is 0 Å². The maximum atomic E-state index is 13.4. The number of aromatic hydroxyl groups is 1. The zero-order valence-corrected chi connectivity index (χ0v) is 23.1.